The number of aromatic carboxylic acids is 1. The fraction of sp³-hybridized carbons (Fsp3) is 0.438. The molecule has 1 rings (SSSR count). The Bertz CT molecular complexity index is 564. The van der Waals surface area contributed by atoms with Crippen LogP contribution >= 0.6 is 0 Å². The third-order valence-electron chi connectivity index (χ3n) is 3.34. The monoisotopic (exact) mass is 322 g/mol. The molecule has 0 heterocycles. The summed E-state index contributed by atoms with van der Waals surface area (Å²) in [7, 11) is 0. The molecule has 0 aliphatic heterocycles. The number of benzene rings is 1. The molecule has 0 radical (unpaired) electrons. The Kier molecular flexibility index (Phi) is 6.56. The van der Waals surface area contributed by atoms with E-state index in [0.717, 1.165) is 0 Å². The van der Waals surface area contributed by atoms with E-state index in [1.54, 1.807) is 13.8 Å². The summed E-state index contributed by atoms with van der Waals surface area (Å²) in [5.74, 6) is -1.44. The number of ether oxygens (including phenoxy) is 2. The molecule has 7 nitrogen and oxygen atoms in total. The fourth-order valence-electron chi connectivity index (χ4n) is 1.44. The van der Waals surface area contributed by atoms with Crippen LogP contribution in [0, 0.1) is 5.41 Å². The molecule has 0 aliphatic carbocycles. The van der Waals surface area contributed by atoms with E-state index in [-0.39, 0.29) is 30.4 Å². The van der Waals surface area contributed by atoms with Gasteiger partial charge >= 0.3 is 12.1 Å². The molecule has 1 aromatic carbocycles. The summed E-state index contributed by atoms with van der Waals surface area (Å²) in [6.45, 7) is 5.62. The average Bonchev–Trinajstić information content (AvgIpc) is 2.51. The van der Waals surface area contributed by atoms with Gasteiger partial charge in [-0.25, -0.2) is 4.79 Å². The van der Waals surface area contributed by atoms with Crippen molar-refractivity contribution in [3.8, 4) is 5.75 Å². The van der Waals surface area contributed by atoms with Gasteiger partial charge in [0, 0.05) is 0 Å². The summed E-state index contributed by atoms with van der Waals surface area (Å²) in [6, 6.07) is 5.22. The maximum atomic E-state index is 11.7. The highest BCUT2D eigenvalue weighted by Gasteiger charge is 2.26. The molecule has 0 unspecified atom stereocenters. The molecule has 0 fully saturated rings. The second kappa shape index (κ2) is 8.17. The zero-order chi connectivity index (χ0) is 17.5. The van der Waals surface area contributed by atoms with Crippen LogP contribution in [-0.2, 0) is 9.53 Å². The molecule has 1 aromatic rings. The van der Waals surface area contributed by atoms with Crippen molar-refractivity contribution >= 4 is 18.0 Å². The van der Waals surface area contributed by atoms with Gasteiger partial charge in [0.15, 0.2) is 0 Å². The highest BCUT2D eigenvalue weighted by atomic mass is 16.6. The Morgan fingerprint density at radius 1 is 1.17 bits per heavy atom. The number of esters is 1. The first-order chi connectivity index (χ1) is 10.8. The van der Waals surface area contributed by atoms with Crippen molar-refractivity contribution in [1.82, 2.24) is 5.32 Å². The Hall–Kier alpha value is -2.57. The van der Waals surface area contributed by atoms with E-state index in [0.29, 0.717) is 6.42 Å². The molecular weight excluding hydrogens is 302 g/mol. The number of carbonyl (C=O) groups excluding carboxylic acids is 3. The summed E-state index contributed by atoms with van der Waals surface area (Å²) in [5, 5.41) is 13.0. The number of nitrogens with one attached hydrogen (secondary N) is 1. The smallest absolute Gasteiger partial charge is 0.412 e. The van der Waals surface area contributed by atoms with Crippen LogP contribution in [0.3, 0.4) is 0 Å². The van der Waals surface area contributed by atoms with Crippen molar-refractivity contribution in [3.63, 3.8) is 0 Å². The van der Waals surface area contributed by atoms with Gasteiger partial charge in [-0.15, -0.1) is 0 Å². The average molecular weight is 322 g/mol. The summed E-state index contributed by atoms with van der Waals surface area (Å²) >= 11 is 0. The second-order valence-electron chi connectivity index (χ2n) is 5.50. The van der Waals surface area contributed by atoms with Crippen LogP contribution in [0.15, 0.2) is 24.3 Å². The Morgan fingerprint density at radius 3 is 2.30 bits per heavy atom. The van der Waals surface area contributed by atoms with E-state index in [4.69, 9.17) is 9.47 Å². The first-order valence-electron chi connectivity index (χ1n) is 7.20. The number of carbonyl (C=O) groups is 3. The normalized spacial score (nSPS) is 10.7. The zero-order valence-electron chi connectivity index (χ0n) is 13.4. The van der Waals surface area contributed by atoms with Gasteiger partial charge in [0.1, 0.15) is 12.4 Å². The Morgan fingerprint density at radius 2 is 1.78 bits per heavy atom. The van der Waals surface area contributed by atoms with Crippen LogP contribution in [0.2, 0.25) is 0 Å². The number of rotatable bonds is 7. The molecule has 0 saturated carbocycles. The lowest BCUT2D eigenvalue weighted by atomic mass is 9.91. The predicted molar refractivity (Wildman–Crippen MR) is 79.8 cm³/mol. The predicted octanol–water partition coefficient (Wildman–Crippen LogP) is 1.12. The van der Waals surface area contributed by atoms with Crippen molar-refractivity contribution in [2.24, 2.45) is 5.41 Å². The Balaban J connectivity index is 2.32. The van der Waals surface area contributed by atoms with E-state index in [9.17, 15) is 19.5 Å². The molecule has 0 spiro atoms. The van der Waals surface area contributed by atoms with E-state index in [1.165, 1.54) is 24.3 Å². The minimum Gasteiger partial charge on any atom is -0.545 e. The van der Waals surface area contributed by atoms with Gasteiger partial charge in [-0.2, -0.15) is 0 Å². The number of carboxylic acids is 1. The topological polar surface area (TPSA) is 105 Å². The molecule has 0 atom stereocenters. The molecular formula is C16H20NO6-. The van der Waals surface area contributed by atoms with Gasteiger partial charge in [-0.3, -0.25) is 4.79 Å². The maximum Gasteiger partial charge on any atom is 0.412 e. The lowest BCUT2D eigenvalue weighted by molar-refractivity contribution is -0.255. The molecule has 1 amide bonds. The van der Waals surface area contributed by atoms with Crippen molar-refractivity contribution < 1.29 is 29.0 Å². The number of hydrogen-bond acceptors (Lipinski definition) is 6. The minimum absolute atomic E-state index is 0.0109. The van der Waals surface area contributed by atoms with E-state index >= 15 is 0 Å². The van der Waals surface area contributed by atoms with Crippen LogP contribution in [-0.4, -0.2) is 31.2 Å². The van der Waals surface area contributed by atoms with Crippen LogP contribution < -0.4 is 15.2 Å². The maximum absolute atomic E-state index is 11.7. The largest absolute Gasteiger partial charge is 0.545 e. The quantitative estimate of drug-likeness (QED) is 0.596. The van der Waals surface area contributed by atoms with Crippen molar-refractivity contribution in [2.45, 2.75) is 27.2 Å². The van der Waals surface area contributed by atoms with Crippen molar-refractivity contribution in [3.05, 3.63) is 29.8 Å². The van der Waals surface area contributed by atoms with Crippen molar-refractivity contribution in [2.75, 3.05) is 13.2 Å². The number of amides is 1. The third-order valence-corrected chi connectivity index (χ3v) is 3.34. The molecule has 0 aliphatic rings. The SMILES string of the molecule is CCC(C)(C)C(=O)OCCNC(=O)Oc1ccc(C(=O)[O-])cc1. The molecule has 7 heteroatoms. The van der Waals surface area contributed by atoms with E-state index in [1.807, 2.05) is 6.92 Å². The van der Waals surface area contributed by atoms with Crippen LogP contribution in [0.5, 0.6) is 5.75 Å². The van der Waals surface area contributed by atoms with Gasteiger partial charge in [0.25, 0.3) is 0 Å². The lowest BCUT2D eigenvalue weighted by Crippen LogP contribution is -2.33. The number of carboxylic acid groups (broad SMARTS) is 1. The second-order valence-corrected chi connectivity index (χ2v) is 5.50. The van der Waals surface area contributed by atoms with E-state index < -0.39 is 17.5 Å². The standard InChI is InChI=1S/C16H21NO6/c1-4-16(2,3)14(20)22-10-9-17-15(21)23-12-7-5-11(6-8-12)13(18)19/h5-8H,4,9-10H2,1-3H3,(H,17,21)(H,18,19)/p-1. The highest BCUT2D eigenvalue weighted by Crippen LogP contribution is 2.21. The summed E-state index contributed by atoms with van der Waals surface area (Å²) in [5.41, 5.74) is -0.565. The molecule has 1 N–H and O–H groups in total. The van der Waals surface area contributed by atoms with Gasteiger partial charge in [-0.05, 0) is 50.1 Å². The highest BCUT2D eigenvalue weighted by molar-refractivity contribution is 5.86. The van der Waals surface area contributed by atoms with Crippen LogP contribution in [0.4, 0.5) is 4.79 Å². The summed E-state index contributed by atoms with van der Waals surface area (Å²) < 4.78 is 10.00. The summed E-state index contributed by atoms with van der Waals surface area (Å²) in [4.78, 5) is 33.8. The molecule has 126 valence electrons. The van der Waals surface area contributed by atoms with Gasteiger partial charge in [0.05, 0.1) is 17.9 Å². The lowest BCUT2D eigenvalue weighted by Gasteiger charge is -2.20. The first kappa shape index (κ1) is 18.5. The van der Waals surface area contributed by atoms with Gasteiger partial charge in [0.2, 0.25) is 0 Å². The fourth-order valence-corrected chi connectivity index (χ4v) is 1.44. The molecule has 0 aromatic heterocycles. The van der Waals surface area contributed by atoms with Crippen molar-refractivity contribution in [1.29, 1.82) is 0 Å². The molecule has 0 bridgehead atoms. The summed E-state index contributed by atoms with van der Waals surface area (Å²) in [6.07, 6.45) is -0.0691. The minimum atomic E-state index is -1.31. The number of hydrogen-bond donors (Lipinski definition) is 1. The van der Waals surface area contributed by atoms with Crippen LogP contribution in [0.1, 0.15) is 37.6 Å². The van der Waals surface area contributed by atoms with Crippen LogP contribution in [0.25, 0.3) is 0 Å². The van der Waals surface area contributed by atoms with E-state index in [2.05, 4.69) is 5.32 Å². The Labute approximate surface area is 134 Å². The van der Waals surface area contributed by atoms with Gasteiger partial charge in [-0.1, -0.05) is 6.92 Å². The molecule has 23 heavy (non-hydrogen) atoms. The molecule has 0 saturated heterocycles. The first-order valence-corrected chi connectivity index (χ1v) is 7.20. The van der Waals surface area contributed by atoms with Gasteiger partial charge < -0.3 is 24.7 Å². The zero-order valence-corrected chi connectivity index (χ0v) is 13.4. The third kappa shape index (κ3) is 5.98.